The molecule has 0 spiro atoms. The second-order valence-electron chi connectivity index (χ2n) is 10.5. The number of hydrogen-bond acceptors (Lipinski definition) is 7. The van der Waals surface area contributed by atoms with Gasteiger partial charge in [-0.2, -0.15) is 0 Å². The molecule has 40 heavy (non-hydrogen) atoms. The first kappa shape index (κ1) is 27.4. The van der Waals surface area contributed by atoms with Crippen molar-refractivity contribution < 1.29 is 14.3 Å². The van der Waals surface area contributed by atoms with Gasteiger partial charge in [0.1, 0.15) is 17.6 Å². The molecule has 9 heteroatoms. The fourth-order valence-corrected chi connectivity index (χ4v) is 5.31. The molecule has 0 radical (unpaired) electrons. The standard InChI is InChI=1S/C31H36N6O3/c1-35(2)18-19-36(3)31-33-25-13-9-12-24(28(25)34-31)32-30(39)22-15-16-27(23(20-38)29(22)40-4)37-17-8-7-11-21-10-5-6-14-26(21)37/h5-6,9-10,12-16,29H,7-8,11,17-19H2,1-4H3,(H,32,39)(H,33,34). The molecular formula is C31H36N6O3. The van der Waals surface area contributed by atoms with Crippen LogP contribution in [0.2, 0.25) is 0 Å². The van der Waals surface area contributed by atoms with Gasteiger partial charge in [-0.1, -0.05) is 24.3 Å². The average molecular weight is 541 g/mol. The molecule has 0 bridgehead atoms. The highest BCUT2D eigenvalue weighted by Gasteiger charge is 2.34. The van der Waals surface area contributed by atoms with Crippen molar-refractivity contribution in [2.75, 3.05) is 63.0 Å². The number of nitrogens with zero attached hydrogens (tertiary/aromatic N) is 4. The Morgan fingerprint density at radius 2 is 1.95 bits per heavy atom. The molecule has 5 rings (SSSR count). The van der Waals surface area contributed by atoms with E-state index in [9.17, 15) is 9.59 Å². The zero-order valence-electron chi connectivity index (χ0n) is 23.5. The molecule has 0 saturated heterocycles. The van der Waals surface area contributed by atoms with Gasteiger partial charge in [-0.05, 0) is 69.3 Å². The van der Waals surface area contributed by atoms with E-state index in [1.165, 1.54) is 12.7 Å². The van der Waals surface area contributed by atoms with Gasteiger partial charge >= 0.3 is 0 Å². The molecule has 0 fully saturated rings. The molecule has 2 N–H and O–H groups in total. The number of carbonyl (C=O) groups is 1. The molecule has 2 heterocycles. The molecule has 2 aromatic carbocycles. The Bertz CT molecular complexity index is 1510. The Morgan fingerprint density at radius 3 is 2.73 bits per heavy atom. The van der Waals surface area contributed by atoms with Crippen LogP contribution in [-0.2, 0) is 20.7 Å². The molecule has 1 aromatic heterocycles. The number of anilines is 3. The van der Waals surface area contributed by atoms with Crippen molar-refractivity contribution >= 4 is 40.2 Å². The predicted octanol–water partition coefficient (Wildman–Crippen LogP) is 3.94. The number of fused-ring (bicyclic) bond motifs is 2. The Hall–Kier alpha value is -4.17. The summed E-state index contributed by atoms with van der Waals surface area (Å²) in [6.07, 6.45) is 5.79. The molecule has 208 valence electrons. The highest BCUT2D eigenvalue weighted by molar-refractivity contribution is 6.09. The fraction of sp³-hybridized carbons (Fsp3) is 0.355. The number of para-hydroxylation sites is 2. The number of ether oxygens (including phenoxy) is 1. The van der Waals surface area contributed by atoms with Crippen LogP contribution in [0.5, 0.6) is 0 Å². The van der Waals surface area contributed by atoms with E-state index in [1.54, 1.807) is 6.08 Å². The molecule has 0 saturated carbocycles. The van der Waals surface area contributed by atoms with Crippen molar-refractivity contribution in [2.45, 2.75) is 25.4 Å². The van der Waals surface area contributed by atoms with Crippen LogP contribution in [0.3, 0.4) is 0 Å². The predicted molar refractivity (Wildman–Crippen MR) is 159 cm³/mol. The van der Waals surface area contributed by atoms with E-state index in [4.69, 9.17) is 9.72 Å². The van der Waals surface area contributed by atoms with Gasteiger partial charge in [-0.3, -0.25) is 4.79 Å². The number of amides is 1. The monoisotopic (exact) mass is 540 g/mol. The third kappa shape index (κ3) is 5.45. The van der Waals surface area contributed by atoms with Crippen molar-refractivity contribution in [3.05, 3.63) is 77.0 Å². The largest absolute Gasteiger partial charge is 0.371 e. The molecule has 1 aliphatic heterocycles. The topological polar surface area (TPSA) is 93.8 Å². The van der Waals surface area contributed by atoms with Gasteiger partial charge in [0, 0.05) is 39.5 Å². The lowest BCUT2D eigenvalue weighted by atomic mass is 9.92. The molecule has 1 aliphatic carbocycles. The minimum absolute atomic E-state index is 0.314. The van der Waals surface area contributed by atoms with Crippen LogP contribution in [0, 0.1) is 0 Å². The minimum Gasteiger partial charge on any atom is -0.371 e. The van der Waals surface area contributed by atoms with Crippen LogP contribution < -0.4 is 15.1 Å². The van der Waals surface area contributed by atoms with Crippen molar-refractivity contribution in [2.24, 2.45) is 0 Å². The number of methoxy groups -OCH3 is 1. The van der Waals surface area contributed by atoms with Crippen molar-refractivity contribution in [3.8, 4) is 0 Å². The van der Waals surface area contributed by atoms with Crippen molar-refractivity contribution in [1.82, 2.24) is 14.9 Å². The highest BCUT2D eigenvalue weighted by Crippen LogP contribution is 2.36. The van der Waals surface area contributed by atoms with Crippen LogP contribution in [0.15, 0.2) is 71.5 Å². The van der Waals surface area contributed by atoms with E-state index in [0.717, 1.165) is 56.0 Å². The average Bonchev–Trinajstić information content (AvgIpc) is 3.30. The molecule has 1 unspecified atom stereocenters. The maximum absolute atomic E-state index is 13.6. The van der Waals surface area contributed by atoms with Gasteiger partial charge in [-0.15, -0.1) is 0 Å². The summed E-state index contributed by atoms with van der Waals surface area (Å²) in [5, 5.41) is 3.00. The van der Waals surface area contributed by atoms with Gasteiger partial charge in [0.05, 0.1) is 28.0 Å². The van der Waals surface area contributed by atoms with Crippen LogP contribution in [0.4, 0.5) is 17.3 Å². The van der Waals surface area contributed by atoms with Crippen LogP contribution >= 0.6 is 0 Å². The van der Waals surface area contributed by atoms with Crippen molar-refractivity contribution in [3.63, 3.8) is 0 Å². The summed E-state index contributed by atoms with van der Waals surface area (Å²) in [6, 6.07) is 13.9. The van der Waals surface area contributed by atoms with E-state index >= 15 is 0 Å². The summed E-state index contributed by atoms with van der Waals surface area (Å²) in [5.74, 6) is 2.47. The summed E-state index contributed by atoms with van der Waals surface area (Å²) in [7, 11) is 7.55. The summed E-state index contributed by atoms with van der Waals surface area (Å²) in [5.41, 5.74) is 5.75. The fourth-order valence-electron chi connectivity index (χ4n) is 5.31. The summed E-state index contributed by atoms with van der Waals surface area (Å²) < 4.78 is 5.75. The summed E-state index contributed by atoms with van der Waals surface area (Å²) >= 11 is 0. The number of aromatic amines is 1. The third-order valence-electron chi connectivity index (χ3n) is 7.49. The quantitative estimate of drug-likeness (QED) is 0.418. The number of carbonyl (C=O) groups excluding carboxylic acids is 2. The van der Waals surface area contributed by atoms with E-state index in [2.05, 4.69) is 38.2 Å². The van der Waals surface area contributed by atoms with Gasteiger partial charge in [0.2, 0.25) is 5.95 Å². The number of likely N-dealkylation sites (N-methyl/N-ethyl adjacent to an activating group) is 2. The number of benzene rings is 2. The van der Waals surface area contributed by atoms with Crippen molar-refractivity contribution in [1.29, 1.82) is 0 Å². The Morgan fingerprint density at radius 1 is 1.12 bits per heavy atom. The number of hydrogen-bond donors (Lipinski definition) is 2. The first-order chi connectivity index (χ1) is 19.4. The molecule has 3 aromatic rings. The van der Waals surface area contributed by atoms with E-state index in [-0.39, 0.29) is 5.91 Å². The van der Waals surface area contributed by atoms with Gasteiger partial charge in [0.15, 0.2) is 0 Å². The Labute approximate surface area is 234 Å². The lowest BCUT2D eigenvalue weighted by Crippen LogP contribution is -2.35. The van der Waals surface area contributed by atoms with Gasteiger partial charge < -0.3 is 29.7 Å². The highest BCUT2D eigenvalue weighted by atomic mass is 16.5. The SMILES string of the molecule is COC1C(=C=O)C(N2CCCCc3ccccc32)=CC=C1C(=O)Nc1cccc2[nH]c(N(C)CCN(C)C)nc12. The number of aromatic nitrogens is 2. The lowest BCUT2D eigenvalue weighted by Gasteiger charge is -2.32. The van der Waals surface area contributed by atoms with E-state index < -0.39 is 6.10 Å². The third-order valence-corrected chi connectivity index (χ3v) is 7.49. The number of allylic oxidation sites excluding steroid dienone is 2. The minimum atomic E-state index is -0.848. The first-order valence-electron chi connectivity index (χ1n) is 13.6. The first-order valence-corrected chi connectivity index (χ1v) is 13.6. The number of nitrogens with one attached hydrogen (secondary N) is 2. The van der Waals surface area contributed by atoms with Gasteiger partial charge in [0.25, 0.3) is 5.91 Å². The van der Waals surface area contributed by atoms with Crippen LogP contribution in [0.1, 0.15) is 18.4 Å². The summed E-state index contributed by atoms with van der Waals surface area (Å²) in [6.45, 7) is 2.45. The molecule has 1 amide bonds. The van der Waals surface area contributed by atoms with E-state index in [1.807, 2.05) is 62.5 Å². The lowest BCUT2D eigenvalue weighted by molar-refractivity contribution is -0.113. The summed E-state index contributed by atoms with van der Waals surface area (Å²) in [4.78, 5) is 40.4. The number of aryl methyl sites for hydroxylation is 1. The zero-order chi connectivity index (χ0) is 28.2. The normalized spacial score (nSPS) is 17.2. The second-order valence-corrected chi connectivity index (χ2v) is 10.5. The molecule has 1 atom stereocenters. The maximum Gasteiger partial charge on any atom is 0.254 e. The molecule has 2 aliphatic rings. The number of rotatable bonds is 8. The number of H-pyrrole nitrogens is 1. The van der Waals surface area contributed by atoms with Crippen LogP contribution in [0.25, 0.3) is 11.0 Å². The second kappa shape index (κ2) is 11.9. The maximum atomic E-state index is 13.6. The smallest absolute Gasteiger partial charge is 0.254 e. The van der Waals surface area contributed by atoms with Gasteiger partial charge in [-0.25, -0.2) is 9.78 Å². The van der Waals surface area contributed by atoms with E-state index in [0.29, 0.717) is 28.0 Å². The molecule has 9 nitrogen and oxygen atoms in total. The Balaban J connectivity index is 1.44. The Kier molecular flexibility index (Phi) is 8.16. The zero-order valence-corrected chi connectivity index (χ0v) is 23.5. The number of imidazole rings is 1. The molecular weight excluding hydrogens is 504 g/mol. The van der Waals surface area contributed by atoms with Crippen LogP contribution in [-0.4, -0.2) is 80.7 Å².